The van der Waals surface area contributed by atoms with Crippen LogP contribution in [-0.2, 0) is 0 Å². The van der Waals surface area contributed by atoms with Crippen LogP contribution in [0.5, 0.6) is 0 Å². The highest BCUT2D eigenvalue weighted by Gasteiger charge is 2.14. The molecule has 2 N–H and O–H groups in total. The molecule has 0 aromatic carbocycles. The molecule has 72 valence electrons. The van der Waals surface area contributed by atoms with E-state index in [1.54, 1.807) is 0 Å². The molecule has 3 heteroatoms. The van der Waals surface area contributed by atoms with Crippen LogP contribution in [0.4, 0.5) is 0 Å². The number of hydrogen-bond donors (Lipinski definition) is 1. The summed E-state index contributed by atoms with van der Waals surface area (Å²) < 4.78 is 0. The summed E-state index contributed by atoms with van der Waals surface area (Å²) in [6, 6.07) is 0.229. The summed E-state index contributed by atoms with van der Waals surface area (Å²) in [7, 11) is 0. The fraction of sp³-hybridized carbons (Fsp3) is 0.889. The van der Waals surface area contributed by atoms with Gasteiger partial charge in [0.05, 0.1) is 11.0 Å². The summed E-state index contributed by atoms with van der Waals surface area (Å²) in [5.74, 6) is 0.668. The van der Waals surface area contributed by atoms with Crippen molar-refractivity contribution in [2.24, 2.45) is 11.7 Å². The van der Waals surface area contributed by atoms with Gasteiger partial charge < -0.3 is 5.73 Å². The summed E-state index contributed by atoms with van der Waals surface area (Å²) >= 11 is 4.95. The summed E-state index contributed by atoms with van der Waals surface area (Å²) in [6.45, 7) is 10.7. The van der Waals surface area contributed by atoms with Crippen molar-refractivity contribution in [1.82, 2.24) is 4.90 Å². The topological polar surface area (TPSA) is 29.3 Å². The minimum Gasteiger partial charge on any atom is -0.392 e. The van der Waals surface area contributed by atoms with Gasteiger partial charge in [0.2, 0.25) is 0 Å². The van der Waals surface area contributed by atoms with Crippen LogP contribution in [0.3, 0.4) is 0 Å². The fourth-order valence-electron chi connectivity index (χ4n) is 1.21. The predicted molar refractivity (Wildman–Crippen MR) is 58.3 cm³/mol. The first-order valence-corrected chi connectivity index (χ1v) is 4.93. The fourth-order valence-corrected chi connectivity index (χ4v) is 1.36. The third-order valence-electron chi connectivity index (χ3n) is 1.97. The molecule has 0 saturated carbocycles. The Morgan fingerprint density at radius 1 is 1.42 bits per heavy atom. The molecule has 1 unspecified atom stereocenters. The highest BCUT2D eigenvalue weighted by atomic mass is 32.1. The Labute approximate surface area is 81.1 Å². The Hall–Kier alpha value is -0.150. The minimum atomic E-state index is 0.229. The minimum absolute atomic E-state index is 0.229. The van der Waals surface area contributed by atoms with Crippen LogP contribution in [0, 0.1) is 5.92 Å². The molecule has 0 aromatic rings. The zero-order valence-corrected chi connectivity index (χ0v) is 9.32. The van der Waals surface area contributed by atoms with Crippen molar-refractivity contribution in [3.05, 3.63) is 0 Å². The largest absolute Gasteiger partial charge is 0.392 e. The smallest absolute Gasteiger partial charge is 0.0899 e. The van der Waals surface area contributed by atoms with Crippen LogP contribution < -0.4 is 5.73 Å². The number of rotatable bonds is 5. The van der Waals surface area contributed by atoms with Gasteiger partial charge in [-0.1, -0.05) is 33.0 Å². The van der Waals surface area contributed by atoms with Crippen LogP contribution in [0.2, 0.25) is 0 Å². The number of thiocarbonyl (C=S) groups is 1. The van der Waals surface area contributed by atoms with Crippen LogP contribution in [-0.4, -0.2) is 29.0 Å². The van der Waals surface area contributed by atoms with E-state index in [4.69, 9.17) is 18.0 Å². The van der Waals surface area contributed by atoms with Gasteiger partial charge in [-0.05, 0) is 19.4 Å². The lowest BCUT2D eigenvalue weighted by atomic mass is 10.1. The van der Waals surface area contributed by atoms with E-state index in [0.29, 0.717) is 10.9 Å². The van der Waals surface area contributed by atoms with Crippen LogP contribution in [0.25, 0.3) is 0 Å². The van der Waals surface area contributed by atoms with E-state index < -0.39 is 0 Å². The van der Waals surface area contributed by atoms with Crippen molar-refractivity contribution in [3.63, 3.8) is 0 Å². The molecular weight excluding hydrogens is 168 g/mol. The van der Waals surface area contributed by atoms with Gasteiger partial charge in [0.1, 0.15) is 0 Å². The molecule has 0 aliphatic rings. The summed E-state index contributed by atoms with van der Waals surface area (Å²) in [4.78, 5) is 2.89. The average Bonchev–Trinajstić information content (AvgIpc) is 1.98. The summed E-state index contributed by atoms with van der Waals surface area (Å²) in [6.07, 6.45) is 0. The van der Waals surface area contributed by atoms with Gasteiger partial charge >= 0.3 is 0 Å². The predicted octanol–water partition coefficient (Wildman–Crippen LogP) is 1.64. The average molecular weight is 188 g/mol. The first kappa shape index (κ1) is 11.8. The first-order valence-electron chi connectivity index (χ1n) is 4.52. The second kappa shape index (κ2) is 5.49. The lowest BCUT2D eigenvalue weighted by Crippen LogP contribution is -2.43. The van der Waals surface area contributed by atoms with Crippen molar-refractivity contribution in [2.75, 3.05) is 13.1 Å². The molecular formula is C9H20N2S. The summed E-state index contributed by atoms with van der Waals surface area (Å²) in [5.41, 5.74) is 5.58. The van der Waals surface area contributed by atoms with Gasteiger partial charge in [0, 0.05) is 6.54 Å². The third kappa shape index (κ3) is 4.02. The van der Waals surface area contributed by atoms with Crippen molar-refractivity contribution in [3.8, 4) is 0 Å². The SMILES string of the molecule is CCN(CC(C)C)C(C)C(N)=S. The maximum Gasteiger partial charge on any atom is 0.0899 e. The van der Waals surface area contributed by atoms with Crippen LogP contribution in [0.15, 0.2) is 0 Å². The Balaban J connectivity index is 4.05. The molecule has 0 rings (SSSR count). The maximum absolute atomic E-state index is 5.58. The Morgan fingerprint density at radius 3 is 2.17 bits per heavy atom. The molecule has 0 bridgehead atoms. The number of nitrogens with two attached hydrogens (primary N) is 1. The van der Waals surface area contributed by atoms with Gasteiger partial charge in [-0.15, -0.1) is 0 Å². The Kier molecular flexibility index (Phi) is 5.42. The number of likely N-dealkylation sites (N-methyl/N-ethyl adjacent to an activating group) is 1. The van der Waals surface area contributed by atoms with E-state index >= 15 is 0 Å². The zero-order valence-electron chi connectivity index (χ0n) is 8.50. The second-order valence-electron chi connectivity index (χ2n) is 3.56. The quantitative estimate of drug-likeness (QED) is 0.665. The molecule has 1 atom stereocenters. The van der Waals surface area contributed by atoms with E-state index in [2.05, 4.69) is 32.6 Å². The Bertz CT molecular complexity index is 145. The highest BCUT2D eigenvalue weighted by molar-refractivity contribution is 7.80. The monoisotopic (exact) mass is 188 g/mol. The van der Waals surface area contributed by atoms with Gasteiger partial charge in [0.25, 0.3) is 0 Å². The molecule has 0 amide bonds. The van der Waals surface area contributed by atoms with Crippen molar-refractivity contribution in [1.29, 1.82) is 0 Å². The first-order chi connectivity index (χ1) is 5.49. The standard InChI is InChI=1S/C9H20N2S/c1-5-11(6-7(2)3)8(4)9(10)12/h7-8H,5-6H2,1-4H3,(H2,10,12). The molecule has 0 spiro atoms. The van der Waals surface area contributed by atoms with Crippen molar-refractivity contribution >= 4 is 17.2 Å². The summed E-state index contributed by atoms with van der Waals surface area (Å²) in [5, 5.41) is 0. The number of nitrogens with zero attached hydrogens (tertiary/aromatic N) is 1. The lowest BCUT2D eigenvalue weighted by molar-refractivity contribution is 0.238. The van der Waals surface area contributed by atoms with Gasteiger partial charge in [0.15, 0.2) is 0 Å². The van der Waals surface area contributed by atoms with Gasteiger partial charge in [-0.3, -0.25) is 4.90 Å². The van der Waals surface area contributed by atoms with E-state index in [0.717, 1.165) is 13.1 Å². The molecule has 0 aromatic heterocycles. The lowest BCUT2D eigenvalue weighted by Gasteiger charge is -2.28. The molecule has 0 aliphatic carbocycles. The number of hydrogen-bond acceptors (Lipinski definition) is 2. The molecule has 12 heavy (non-hydrogen) atoms. The van der Waals surface area contributed by atoms with Crippen molar-refractivity contribution < 1.29 is 0 Å². The van der Waals surface area contributed by atoms with Crippen LogP contribution >= 0.6 is 12.2 Å². The normalized spacial score (nSPS) is 13.8. The molecule has 0 fully saturated rings. The van der Waals surface area contributed by atoms with E-state index in [-0.39, 0.29) is 6.04 Å². The highest BCUT2D eigenvalue weighted by Crippen LogP contribution is 2.03. The molecule has 2 nitrogen and oxygen atoms in total. The molecule has 0 aliphatic heterocycles. The van der Waals surface area contributed by atoms with Crippen LogP contribution in [0.1, 0.15) is 27.7 Å². The van der Waals surface area contributed by atoms with Gasteiger partial charge in [-0.25, -0.2) is 0 Å². The van der Waals surface area contributed by atoms with E-state index in [9.17, 15) is 0 Å². The second-order valence-corrected chi connectivity index (χ2v) is 4.03. The molecule has 0 radical (unpaired) electrons. The zero-order chi connectivity index (χ0) is 9.72. The van der Waals surface area contributed by atoms with E-state index in [1.165, 1.54) is 0 Å². The maximum atomic E-state index is 5.58. The molecule has 0 heterocycles. The molecule has 0 saturated heterocycles. The van der Waals surface area contributed by atoms with E-state index in [1.807, 2.05) is 0 Å². The Morgan fingerprint density at radius 2 is 1.92 bits per heavy atom. The third-order valence-corrected chi connectivity index (χ3v) is 2.31. The van der Waals surface area contributed by atoms with Gasteiger partial charge in [-0.2, -0.15) is 0 Å². The van der Waals surface area contributed by atoms with Crippen molar-refractivity contribution in [2.45, 2.75) is 33.7 Å².